The Hall–Kier alpha value is -2.08. The molecule has 1 heterocycles. The Kier molecular flexibility index (Phi) is 6.50. The van der Waals surface area contributed by atoms with Gasteiger partial charge in [-0.3, -0.25) is 4.79 Å². The number of nitrogens with zero attached hydrogens (tertiary/aromatic N) is 2. The van der Waals surface area contributed by atoms with Crippen LogP contribution in [0.4, 0.5) is 0 Å². The first-order valence-corrected chi connectivity index (χ1v) is 9.49. The average Bonchev–Trinajstić information content (AvgIpc) is 2.98. The SMILES string of the molecule is O=C1N/C(=N/N=C/C=C/c2ccccc2)SC1Cc1cc(Cl)ccc1Cl. The Morgan fingerprint density at radius 3 is 2.77 bits per heavy atom. The van der Waals surface area contributed by atoms with E-state index in [0.717, 1.165) is 11.1 Å². The Morgan fingerprint density at radius 1 is 1.15 bits per heavy atom. The second kappa shape index (κ2) is 9.03. The first-order chi connectivity index (χ1) is 12.6. The highest BCUT2D eigenvalue weighted by Gasteiger charge is 2.31. The van der Waals surface area contributed by atoms with Crippen LogP contribution in [0.3, 0.4) is 0 Å². The summed E-state index contributed by atoms with van der Waals surface area (Å²) < 4.78 is 0. The van der Waals surface area contributed by atoms with Gasteiger partial charge in [-0.1, -0.05) is 71.4 Å². The van der Waals surface area contributed by atoms with Crippen molar-refractivity contribution in [2.45, 2.75) is 11.7 Å². The van der Waals surface area contributed by atoms with Crippen molar-refractivity contribution in [2.75, 3.05) is 0 Å². The van der Waals surface area contributed by atoms with E-state index in [4.69, 9.17) is 23.2 Å². The molecule has 1 saturated heterocycles. The summed E-state index contributed by atoms with van der Waals surface area (Å²) in [6, 6.07) is 15.1. The molecule has 132 valence electrons. The van der Waals surface area contributed by atoms with Gasteiger partial charge >= 0.3 is 0 Å². The van der Waals surface area contributed by atoms with E-state index in [1.54, 1.807) is 30.5 Å². The first kappa shape index (κ1) is 18.7. The number of amides is 1. The van der Waals surface area contributed by atoms with Crippen LogP contribution in [0.15, 0.2) is 64.8 Å². The van der Waals surface area contributed by atoms with Gasteiger partial charge in [-0.2, -0.15) is 5.10 Å². The topological polar surface area (TPSA) is 53.8 Å². The summed E-state index contributed by atoms with van der Waals surface area (Å²) in [7, 11) is 0. The number of halogens is 2. The molecule has 2 aromatic rings. The summed E-state index contributed by atoms with van der Waals surface area (Å²) in [4.78, 5) is 12.1. The minimum Gasteiger partial charge on any atom is -0.303 e. The van der Waals surface area contributed by atoms with E-state index in [1.165, 1.54) is 11.8 Å². The van der Waals surface area contributed by atoms with E-state index < -0.39 is 0 Å². The number of benzene rings is 2. The van der Waals surface area contributed by atoms with Crippen molar-refractivity contribution in [2.24, 2.45) is 10.2 Å². The molecule has 4 nitrogen and oxygen atoms in total. The number of carbonyl (C=O) groups excluding carboxylic acids is 1. The summed E-state index contributed by atoms with van der Waals surface area (Å²) in [5.41, 5.74) is 1.91. The van der Waals surface area contributed by atoms with E-state index in [2.05, 4.69) is 15.5 Å². The Balaban J connectivity index is 1.58. The zero-order valence-corrected chi connectivity index (χ0v) is 15.9. The second-order valence-electron chi connectivity index (χ2n) is 5.48. The summed E-state index contributed by atoms with van der Waals surface area (Å²) >= 11 is 13.5. The molecule has 1 aliphatic rings. The third-order valence-electron chi connectivity index (χ3n) is 3.58. The van der Waals surface area contributed by atoms with Gasteiger partial charge in [-0.05, 0) is 41.8 Å². The first-order valence-electron chi connectivity index (χ1n) is 7.86. The normalized spacial score (nSPS) is 18.9. The van der Waals surface area contributed by atoms with Gasteiger partial charge in [0.25, 0.3) is 0 Å². The van der Waals surface area contributed by atoms with Crippen molar-refractivity contribution in [1.29, 1.82) is 0 Å². The van der Waals surface area contributed by atoms with Gasteiger partial charge in [-0.15, -0.1) is 5.10 Å². The molecule has 3 rings (SSSR count). The molecule has 7 heteroatoms. The lowest BCUT2D eigenvalue weighted by Gasteiger charge is -2.07. The fraction of sp³-hybridized carbons (Fsp3) is 0.105. The van der Waals surface area contributed by atoms with E-state index >= 15 is 0 Å². The number of allylic oxidation sites excluding steroid dienone is 1. The number of hydrogen-bond acceptors (Lipinski definition) is 4. The smallest absolute Gasteiger partial charge is 0.239 e. The third kappa shape index (κ3) is 5.21. The molecule has 0 aliphatic carbocycles. The molecule has 26 heavy (non-hydrogen) atoms. The average molecular weight is 404 g/mol. The molecule has 0 aromatic heterocycles. The molecule has 0 spiro atoms. The lowest BCUT2D eigenvalue weighted by atomic mass is 10.1. The summed E-state index contributed by atoms with van der Waals surface area (Å²) in [6.07, 6.45) is 5.78. The van der Waals surface area contributed by atoms with Gasteiger partial charge < -0.3 is 5.32 Å². The molecule has 1 atom stereocenters. The van der Waals surface area contributed by atoms with Crippen molar-refractivity contribution < 1.29 is 4.79 Å². The van der Waals surface area contributed by atoms with Crippen LogP contribution < -0.4 is 5.32 Å². The predicted octanol–water partition coefficient (Wildman–Crippen LogP) is 4.82. The Bertz CT molecular complexity index is 882. The van der Waals surface area contributed by atoms with Crippen molar-refractivity contribution in [3.05, 3.63) is 75.8 Å². The highest BCUT2D eigenvalue weighted by molar-refractivity contribution is 8.15. The number of nitrogens with one attached hydrogen (secondary N) is 1. The zero-order valence-electron chi connectivity index (χ0n) is 13.6. The molecule has 0 bridgehead atoms. The molecule has 1 N–H and O–H groups in total. The van der Waals surface area contributed by atoms with Gasteiger partial charge in [0.2, 0.25) is 5.91 Å². The van der Waals surface area contributed by atoms with Crippen LogP contribution in [0.5, 0.6) is 0 Å². The van der Waals surface area contributed by atoms with Gasteiger partial charge in [0.15, 0.2) is 5.17 Å². The molecule has 2 aromatic carbocycles. The molecular formula is C19H15Cl2N3OS. The monoisotopic (exact) mass is 403 g/mol. The van der Waals surface area contributed by atoms with Crippen molar-refractivity contribution in [3.63, 3.8) is 0 Å². The lowest BCUT2D eigenvalue weighted by molar-refractivity contribution is -0.118. The summed E-state index contributed by atoms with van der Waals surface area (Å²) in [5.74, 6) is -0.111. The second-order valence-corrected chi connectivity index (χ2v) is 7.51. The molecular weight excluding hydrogens is 389 g/mol. The van der Waals surface area contributed by atoms with E-state index in [9.17, 15) is 4.79 Å². The highest BCUT2D eigenvalue weighted by atomic mass is 35.5. The Morgan fingerprint density at radius 2 is 1.96 bits per heavy atom. The van der Waals surface area contributed by atoms with Crippen molar-refractivity contribution in [3.8, 4) is 0 Å². The maximum absolute atomic E-state index is 12.1. The number of thioether (sulfide) groups is 1. The quantitative estimate of drug-likeness (QED) is 0.574. The van der Waals surface area contributed by atoms with Gasteiger partial charge in [0.1, 0.15) is 0 Å². The summed E-state index contributed by atoms with van der Waals surface area (Å²) in [5, 5.41) is 12.1. The zero-order chi connectivity index (χ0) is 18.4. The van der Waals surface area contributed by atoms with Crippen LogP contribution in [0.1, 0.15) is 11.1 Å². The minimum atomic E-state index is -0.306. The van der Waals surface area contributed by atoms with Crippen molar-refractivity contribution in [1.82, 2.24) is 5.32 Å². The predicted molar refractivity (Wildman–Crippen MR) is 111 cm³/mol. The molecule has 0 radical (unpaired) electrons. The largest absolute Gasteiger partial charge is 0.303 e. The van der Waals surface area contributed by atoms with Gasteiger partial charge in [-0.25, -0.2) is 0 Å². The molecule has 1 amide bonds. The maximum Gasteiger partial charge on any atom is 0.239 e. The summed E-state index contributed by atoms with van der Waals surface area (Å²) in [6.45, 7) is 0. The van der Waals surface area contributed by atoms with Crippen LogP contribution in [0.2, 0.25) is 10.0 Å². The minimum absolute atomic E-state index is 0.111. The molecule has 1 aliphatic heterocycles. The Labute approximate surface area is 166 Å². The lowest BCUT2D eigenvalue weighted by Crippen LogP contribution is -2.26. The van der Waals surface area contributed by atoms with Crippen LogP contribution in [-0.4, -0.2) is 22.5 Å². The molecule has 1 unspecified atom stereocenters. The fourth-order valence-corrected chi connectivity index (χ4v) is 3.67. The van der Waals surface area contributed by atoms with Crippen LogP contribution in [0, 0.1) is 0 Å². The fourth-order valence-electron chi connectivity index (χ4n) is 2.33. The van der Waals surface area contributed by atoms with Crippen molar-refractivity contribution >= 4 is 58.3 Å². The van der Waals surface area contributed by atoms with E-state index in [1.807, 2.05) is 36.4 Å². The standard InChI is InChI=1S/C19H15Cl2N3OS/c20-15-8-9-16(21)14(11-15)12-17-18(25)23-19(26-17)24-22-10-4-7-13-5-2-1-3-6-13/h1-11,17H,12H2,(H,23,24,25)/b7-4+,22-10+. The van der Waals surface area contributed by atoms with E-state index in [0.29, 0.717) is 21.6 Å². The van der Waals surface area contributed by atoms with Gasteiger partial charge in [0, 0.05) is 16.3 Å². The van der Waals surface area contributed by atoms with E-state index in [-0.39, 0.29) is 11.2 Å². The number of carbonyl (C=O) groups is 1. The third-order valence-corrected chi connectivity index (χ3v) is 5.26. The van der Waals surface area contributed by atoms with Crippen LogP contribution in [-0.2, 0) is 11.2 Å². The number of rotatable bonds is 5. The van der Waals surface area contributed by atoms with Crippen LogP contribution >= 0.6 is 35.0 Å². The highest BCUT2D eigenvalue weighted by Crippen LogP contribution is 2.28. The molecule has 0 saturated carbocycles. The maximum atomic E-state index is 12.1. The molecule has 1 fully saturated rings. The number of hydrogen-bond donors (Lipinski definition) is 1. The van der Waals surface area contributed by atoms with Gasteiger partial charge in [0.05, 0.1) is 5.25 Å². The number of amidine groups is 1. The van der Waals surface area contributed by atoms with Crippen LogP contribution in [0.25, 0.3) is 6.08 Å².